The van der Waals surface area contributed by atoms with E-state index in [4.69, 9.17) is 11.6 Å². The number of halogens is 1. The molecule has 3 aromatic heterocycles. The molecule has 3 heterocycles. The van der Waals surface area contributed by atoms with Crippen LogP contribution >= 0.6 is 22.9 Å². The number of carbonyl (C=O) groups is 1. The minimum atomic E-state index is -0.446. The predicted molar refractivity (Wildman–Crippen MR) is 122 cm³/mol. The molecule has 4 aromatic rings. The summed E-state index contributed by atoms with van der Waals surface area (Å²) in [6.07, 6.45) is 0.773. The van der Waals surface area contributed by atoms with E-state index in [1.54, 1.807) is 23.6 Å². The lowest BCUT2D eigenvalue weighted by Gasteiger charge is -2.09. The molecule has 0 radical (unpaired) electrons. The van der Waals surface area contributed by atoms with Gasteiger partial charge in [0.25, 0.3) is 5.56 Å². The molecular formula is C21H22ClN5O3S. The number of thiophene rings is 1. The van der Waals surface area contributed by atoms with E-state index in [9.17, 15) is 14.4 Å². The number of rotatable bonds is 7. The van der Waals surface area contributed by atoms with E-state index in [0.717, 1.165) is 16.7 Å². The molecule has 0 saturated heterocycles. The van der Waals surface area contributed by atoms with E-state index < -0.39 is 5.69 Å². The van der Waals surface area contributed by atoms with Gasteiger partial charge in [0.05, 0.1) is 5.52 Å². The zero-order valence-corrected chi connectivity index (χ0v) is 18.7. The molecule has 162 valence electrons. The SMILES string of the molecule is CC(C)CCn1c(=O)c2sccc2n2c(=O)n(CC(=O)NCc3ccc(Cl)cc3)nc12. The Kier molecular flexibility index (Phi) is 5.97. The fraction of sp³-hybridized carbons (Fsp3) is 0.333. The van der Waals surface area contributed by atoms with E-state index in [1.165, 1.54) is 20.3 Å². The highest BCUT2D eigenvalue weighted by Crippen LogP contribution is 2.17. The lowest BCUT2D eigenvalue weighted by Crippen LogP contribution is -2.32. The molecule has 8 nitrogen and oxygen atoms in total. The fourth-order valence-corrected chi connectivity index (χ4v) is 4.27. The van der Waals surface area contributed by atoms with E-state index in [-0.39, 0.29) is 23.8 Å². The lowest BCUT2D eigenvalue weighted by atomic mass is 10.1. The fourth-order valence-electron chi connectivity index (χ4n) is 3.32. The van der Waals surface area contributed by atoms with Crippen molar-refractivity contribution in [3.8, 4) is 0 Å². The molecule has 1 amide bonds. The molecule has 0 atom stereocenters. The molecule has 0 saturated carbocycles. The standard InChI is InChI=1S/C21H22ClN5O3S/c1-13(2)7-9-25-19(29)18-16(8-10-31-18)27-20(25)24-26(21(27)30)12-17(28)23-11-14-3-5-15(22)6-4-14/h3-6,8,10,13H,7,9,11-12H2,1-2H3,(H,23,28). The van der Waals surface area contributed by atoms with Crippen molar-refractivity contribution in [2.75, 3.05) is 0 Å². The Labute approximate surface area is 186 Å². The van der Waals surface area contributed by atoms with Gasteiger partial charge in [-0.15, -0.1) is 16.4 Å². The lowest BCUT2D eigenvalue weighted by molar-refractivity contribution is -0.122. The van der Waals surface area contributed by atoms with Crippen LogP contribution in [0.25, 0.3) is 16.0 Å². The summed E-state index contributed by atoms with van der Waals surface area (Å²) in [6, 6.07) is 8.87. The molecule has 0 aliphatic rings. The molecule has 0 fully saturated rings. The summed E-state index contributed by atoms with van der Waals surface area (Å²) in [5, 5.41) is 9.52. The molecule has 0 aliphatic heterocycles. The Bertz CT molecular complexity index is 1360. The average molecular weight is 460 g/mol. The van der Waals surface area contributed by atoms with Crippen LogP contribution in [0.15, 0.2) is 45.3 Å². The second-order valence-corrected chi connectivity index (χ2v) is 9.11. The molecular weight excluding hydrogens is 438 g/mol. The number of nitrogens with one attached hydrogen (secondary N) is 1. The minimum Gasteiger partial charge on any atom is -0.350 e. The summed E-state index contributed by atoms with van der Waals surface area (Å²) in [7, 11) is 0. The van der Waals surface area contributed by atoms with Crippen LogP contribution in [0.5, 0.6) is 0 Å². The molecule has 10 heteroatoms. The summed E-state index contributed by atoms with van der Waals surface area (Å²) in [6.45, 7) is 4.67. The predicted octanol–water partition coefficient (Wildman–Crippen LogP) is 2.89. The average Bonchev–Trinajstić information content (AvgIpc) is 3.33. The summed E-state index contributed by atoms with van der Waals surface area (Å²) in [5.41, 5.74) is 0.798. The van der Waals surface area contributed by atoms with Gasteiger partial charge in [-0.05, 0) is 41.5 Å². The molecule has 1 N–H and O–H groups in total. The molecule has 0 bridgehead atoms. The van der Waals surface area contributed by atoms with Crippen LogP contribution in [0.4, 0.5) is 0 Å². The first-order valence-electron chi connectivity index (χ1n) is 9.96. The Morgan fingerprint density at radius 1 is 1.19 bits per heavy atom. The third-order valence-electron chi connectivity index (χ3n) is 5.01. The van der Waals surface area contributed by atoms with Crippen LogP contribution < -0.4 is 16.6 Å². The first kappa shape index (κ1) is 21.3. The van der Waals surface area contributed by atoms with Crippen LogP contribution in [-0.4, -0.2) is 24.7 Å². The van der Waals surface area contributed by atoms with Gasteiger partial charge < -0.3 is 5.32 Å². The number of hydrogen-bond donors (Lipinski definition) is 1. The van der Waals surface area contributed by atoms with Gasteiger partial charge in [-0.25, -0.2) is 13.9 Å². The Hall–Kier alpha value is -2.91. The van der Waals surface area contributed by atoms with Crippen molar-refractivity contribution in [1.82, 2.24) is 24.1 Å². The van der Waals surface area contributed by atoms with Crippen LogP contribution in [0, 0.1) is 5.92 Å². The molecule has 0 unspecified atom stereocenters. The summed E-state index contributed by atoms with van der Waals surface area (Å²) >= 11 is 7.17. The van der Waals surface area contributed by atoms with Gasteiger partial charge in [0.1, 0.15) is 11.2 Å². The number of aryl methyl sites for hydroxylation is 1. The molecule has 1 aromatic carbocycles. The highest BCUT2D eigenvalue weighted by Gasteiger charge is 2.19. The first-order chi connectivity index (χ1) is 14.8. The van der Waals surface area contributed by atoms with E-state index >= 15 is 0 Å². The topological polar surface area (TPSA) is 90.4 Å². The first-order valence-corrected chi connectivity index (χ1v) is 11.2. The van der Waals surface area contributed by atoms with Crippen molar-refractivity contribution in [2.24, 2.45) is 5.92 Å². The van der Waals surface area contributed by atoms with E-state index in [2.05, 4.69) is 24.3 Å². The zero-order chi connectivity index (χ0) is 22.1. The highest BCUT2D eigenvalue weighted by molar-refractivity contribution is 7.17. The molecule has 4 rings (SSSR count). The van der Waals surface area contributed by atoms with Crippen LogP contribution in [0.3, 0.4) is 0 Å². The summed E-state index contributed by atoms with van der Waals surface area (Å²) < 4.78 is 4.56. The van der Waals surface area contributed by atoms with Crippen molar-refractivity contribution in [3.63, 3.8) is 0 Å². The van der Waals surface area contributed by atoms with Crippen molar-refractivity contribution in [2.45, 2.75) is 39.9 Å². The summed E-state index contributed by atoms with van der Waals surface area (Å²) in [5.74, 6) is 0.295. The maximum absolute atomic E-state index is 13.0. The van der Waals surface area contributed by atoms with Crippen LogP contribution in [0.1, 0.15) is 25.8 Å². The van der Waals surface area contributed by atoms with Gasteiger partial charge in [0.2, 0.25) is 11.7 Å². The number of hydrogen-bond acceptors (Lipinski definition) is 5. The monoisotopic (exact) mass is 459 g/mol. The third kappa shape index (κ3) is 4.28. The number of fused-ring (bicyclic) bond motifs is 3. The van der Waals surface area contributed by atoms with Gasteiger partial charge in [0, 0.05) is 18.1 Å². The van der Waals surface area contributed by atoms with Gasteiger partial charge in [-0.1, -0.05) is 37.6 Å². The number of nitrogens with zero attached hydrogens (tertiary/aromatic N) is 4. The van der Waals surface area contributed by atoms with Crippen molar-refractivity contribution < 1.29 is 4.79 Å². The maximum Gasteiger partial charge on any atom is 0.352 e. The van der Waals surface area contributed by atoms with Gasteiger partial charge in [-0.3, -0.25) is 14.2 Å². The normalized spacial score (nSPS) is 11.6. The minimum absolute atomic E-state index is 0.164. The number of benzene rings is 1. The van der Waals surface area contributed by atoms with Crippen LogP contribution in [-0.2, 0) is 24.4 Å². The molecule has 31 heavy (non-hydrogen) atoms. The van der Waals surface area contributed by atoms with Gasteiger partial charge >= 0.3 is 5.69 Å². The third-order valence-corrected chi connectivity index (χ3v) is 6.16. The molecule has 0 aliphatic carbocycles. The number of aromatic nitrogens is 4. The van der Waals surface area contributed by atoms with E-state index in [0.29, 0.717) is 34.2 Å². The number of amides is 1. The second kappa shape index (κ2) is 8.68. The summed E-state index contributed by atoms with van der Waals surface area (Å²) in [4.78, 5) is 38.5. The van der Waals surface area contributed by atoms with Crippen molar-refractivity contribution in [1.29, 1.82) is 0 Å². The largest absolute Gasteiger partial charge is 0.352 e. The highest BCUT2D eigenvalue weighted by atomic mass is 35.5. The Morgan fingerprint density at radius 2 is 1.94 bits per heavy atom. The Balaban J connectivity index is 1.65. The van der Waals surface area contributed by atoms with Crippen molar-refractivity contribution in [3.05, 3.63) is 67.1 Å². The second-order valence-electron chi connectivity index (χ2n) is 7.75. The smallest absolute Gasteiger partial charge is 0.350 e. The van der Waals surface area contributed by atoms with E-state index in [1.807, 2.05) is 12.1 Å². The maximum atomic E-state index is 13.0. The zero-order valence-electron chi connectivity index (χ0n) is 17.2. The van der Waals surface area contributed by atoms with Gasteiger partial charge in [0.15, 0.2) is 0 Å². The molecule has 0 spiro atoms. The quantitative estimate of drug-likeness (QED) is 0.460. The Morgan fingerprint density at radius 3 is 2.65 bits per heavy atom. The van der Waals surface area contributed by atoms with Crippen molar-refractivity contribution >= 4 is 44.8 Å². The van der Waals surface area contributed by atoms with Crippen LogP contribution in [0.2, 0.25) is 5.02 Å². The number of carbonyl (C=O) groups excluding carboxylic acids is 1. The van der Waals surface area contributed by atoms with Gasteiger partial charge in [-0.2, -0.15) is 0 Å².